The van der Waals surface area contributed by atoms with Gasteiger partial charge in [-0.15, -0.1) is 0 Å². The SMILES string of the molecule is OC(Cc1cc(Cl)cc2c1OCC2)CC1CCCCCC1. The Hall–Kier alpha value is -0.730. The molecule has 2 aliphatic rings. The fourth-order valence-electron chi connectivity index (χ4n) is 3.82. The Morgan fingerprint density at radius 2 is 1.95 bits per heavy atom. The molecule has 116 valence electrons. The molecule has 1 heterocycles. The van der Waals surface area contributed by atoms with Gasteiger partial charge in [0.05, 0.1) is 12.7 Å². The number of ether oxygens (including phenoxy) is 1. The molecule has 1 fully saturated rings. The van der Waals surface area contributed by atoms with E-state index in [1.54, 1.807) is 0 Å². The third-order valence-corrected chi connectivity index (χ3v) is 5.08. The van der Waals surface area contributed by atoms with Gasteiger partial charge in [0.15, 0.2) is 0 Å². The average Bonchev–Trinajstić information content (AvgIpc) is 2.76. The zero-order valence-corrected chi connectivity index (χ0v) is 13.4. The monoisotopic (exact) mass is 308 g/mol. The second-order valence-corrected chi connectivity index (χ2v) is 7.04. The van der Waals surface area contributed by atoms with E-state index in [-0.39, 0.29) is 6.10 Å². The zero-order valence-electron chi connectivity index (χ0n) is 12.6. The molecule has 1 saturated carbocycles. The van der Waals surface area contributed by atoms with E-state index >= 15 is 0 Å². The summed E-state index contributed by atoms with van der Waals surface area (Å²) in [4.78, 5) is 0. The number of hydrogen-bond acceptors (Lipinski definition) is 2. The van der Waals surface area contributed by atoms with Crippen LogP contribution in [0.2, 0.25) is 5.02 Å². The van der Waals surface area contributed by atoms with Gasteiger partial charge < -0.3 is 9.84 Å². The third kappa shape index (κ3) is 3.92. The van der Waals surface area contributed by atoms with Crippen molar-refractivity contribution in [1.29, 1.82) is 0 Å². The maximum Gasteiger partial charge on any atom is 0.126 e. The Labute approximate surface area is 132 Å². The molecule has 1 aromatic carbocycles. The summed E-state index contributed by atoms with van der Waals surface area (Å²) >= 11 is 6.19. The van der Waals surface area contributed by atoms with Crippen molar-refractivity contribution in [2.24, 2.45) is 5.92 Å². The molecular formula is C18H25ClO2. The highest BCUT2D eigenvalue weighted by Gasteiger charge is 2.22. The molecule has 1 aliphatic carbocycles. The summed E-state index contributed by atoms with van der Waals surface area (Å²) in [6, 6.07) is 3.95. The Morgan fingerprint density at radius 1 is 1.19 bits per heavy atom. The van der Waals surface area contributed by atoms with Crippen molar-refractivity contribution >= 4 is 11.6 Å². The van der Waals surface area contributed by atoms with E-state index in [0.29, 0.717) is 12.3 Å². The maximum atomic E-state index is 10.5. The smallest absolute Gasteiger partial charge is 0.126 e. The van der Waals surface area contributed by atoms with Crippen LogP contribution < -0.4 is 4.74 Å². The van der Waals surface area contributed by atoms with Gasteiger partial charge in [-0.25, -0.2) is 0 Å². The van der Waals surface area contributed by atoms with Crippen molar-refractivity contribution < 1.29 is 9.84 Å². The van der Waals surface area contributed by atoms with Gasteiger partial charge >= 0.3 is 0 Å². The highest BCUT2D eigenvalue weighted by molar-refractivity contribution is 6.30. The summed E-state index contributed by atoms with van der Waals surface area (Å²) in [5.41, 5.74) is 2.27. The summed E-state index contributed by atoms with van der Waals surface area (Å²) in [6.45, 7) is 0.737. The molecule has 1 atom stereocenters. The van der Waals surface area contributed by atoms with Crippen molar-refractivity contribution in [3.05, 3.63) is 28.3 Å². The van der Waals surface area contributed by atoms with Crippen molar-refractivity contribution in [1.82, 2.24) is 0 Å². The second-order valence-electron chi connectivity index (χ2n) is 6.60. The standard InChI is InChI=1S/C18H25ClO2/c19-16-10-14-7-8-21-18(14)15(11-16)12-17(20)9-13-5-3-1-2-4-6-13/h10-11,13,17,20H,1-9,12H2. The number of fused-ring (bicyclic) bond motifs is 1. The normalized spacial score (nSPS) is 20.7. The van der Waals surface area contributed by atoms with Crippen molar-refractivity contribution in [3.63, 3.8) is 0 Å². The minimum Gasteiger partial charge on any atom is -0.493 e. The van der Waals surface area contributed by atoms with E-state index in [9.17, 15) is 5.11 Å². The van der Waals surface area contributed by atoms with E-state index in [1.165, 1.54) is 44.1 Å². The number of aliphatic hydroxyl groups is 1. The first-order valence-corrected chi connectivity index (χ1v) is 8.72. The lowest BCUT2D eigenvalue weighted by Gasteiger charge is -2.19. The molecule has 1 aromatic rings. The Morgan fingerprint density at radius 3 is 2.71 bits per heavy atom. The highest BCUT2D eigenvalue weighted by Crippen LogP contribution is 2.34. The molecule has 0 aromatic heterocycles. The van der Waals surface area contributed by atoms with Crippen LogP contribution in [0.5, 0.6) is 5.75 Å². The first kappa shape index (κ1) is 15.2. The molecule has 0 saturated heterocycles. The van der Waals surface area contributed by atoms with Crippen molar-refractivity contribution in [3.8, 4) is 5.75 Å². The van der Waals surface area contributed by atoms with Crippen LogP contribution in [0.15, 0.2) is 12.1 Å². The Bertz CT molecular complexity index is 478. The highest BCUT2D eigenvalue weighted by atomic mass is 35.5. The topological polar surface area (TPSA) is 29.5 Å². The zero-order chi connectivity index (χ0) is 14.7. The maximum absolute atomic E-state index is 10.5. The predicted octanol–water partition coefficient (Wildman–Crippen LogP) is 4.54. The molecular weight excluding hydrogens is 284 g/mol. The molecule has 0 amide bonds. The van der Waals surface area contributed by atoms with Gasteiger partial charge in [0.1, 0.15) is 5.75 Å². The predicted molar refractivity (Wildman–Crippen MR) is 86.2 cm³/mol. The molecule has 3 heteroatoms. The van der Waals surface area contributed by atoms with Crippen LogP contribution in [0.1, 0.15) is 56.1 Å². The van der Waals surface area contributed by atoms with Gasteiger partial charge in [-0.2, -0.15) is 0 Å². The largest absolute Gasteiger partial charge is 0.493 e. The number of aliphatic hydroxyl groups excluding tert-OH is 1. The molecule has 3 rings (SSSR count). The third-order valence-electron chi connectivity index (χ3n) is 4.86. The van der Waals surface area contributed by atoms with Crippen LogP contribution in [0, 0.1) is 5.92 Å². The molecule has 1 N–H and O–H groups in total. The van der Waals surface area contributed by atoms with Gasteiger partial charge in [-0.05, 0) is 35.6 Å². The summed E-state index contributed by atoms with van der Waals surface area (Å²) < 4.78 is 5.73. The van der Waals surface area contributed by atoms with Gasteiger partial charge in [-0.1, -0.05) is 50.1 Å². The molecule has 21 heavy (non-hydrogen) atoms. The summed E-state index contributed by atoms with van der Waals surface area (Å²) in [7, 11) is 0. The molecule has 0 spiro atoms. The average molecular weight is 309 g/mol. The van der Waals surface area contributed by atoms with Crippen LogP contribution in [0.3, 0.4) is 0 Å². The lowest BCUT2D eigenvalue weighted by Crippen LogP contribution is -2.16. The summed E-state index contributed by atoms with van der Waals surface area (Å²) in [6.07, 6.45) is 10.2. The molecule has 2 nitrogen and oxygen atoms in total. The fraction of sp³-hybridized carbons (Fsp3) is 0.667. The Kier molecular flexibility index (Phi) is 5.07. The first-order chi connectivity index (χ1) is 10.2. The van der Waals surface area contributed by atoms with E-state index in [1.807, 2.05) is 12.1 Å². The van der Waals surface area contributed by atoms with E-state index in [0.717, 1.165) is 35.8 Å². The van der Waals surface area contributed by atoms with Gasteiger partial charge in [-0.3, -0.25) is 0 Å². The van der Waals surface area contributed by atoms with E-state index in [4.69, 9.17) is 16.3 Å². The number of halogens is 1. The number of benzene rings is 1. The Balaban J connectivity index is 1.63. The quantitative estimate of drug-likeness (QED) is 0.828. The number of hydrogen-bond donors (Lipinski definition) is 1. The molecule has 0 bridgehead atoms. The van der Waals surface area contributed by atoms with Crippen LogP contribution in [0.4, 0.5) is 0 Å². The van der Waals surface area contributed by atoms with Crippen molar-refractivity contribution in [2.75, 3.05) is 6.61 Å². The molecule has 1 aliphatic heterocycles. The van der Waals surface area contributed by atoms with Crippen LogP contribution >= 0.6 is 11.6 Å². The van der Waals surface area contributed by atoms with Gasteiger partial charge in [0.25, 0.3) is 0 Å². The molecule has 0 radical (unpaired) electrons. The minimum absolute atomic E-state index is 0.278. The fourth-order valence-corrected chi connectivity index (χ4v) is 4.08. The van der Waals surface area contributed by atoms with E-state index in [2.05, 4.69) is 0 Å². The van der Waals surface area contributed by atoms with Crippen LogP contribution in [-0.2, 0) is 12.8 Å². The van der Waals surface area contributed by atoms with E-state index < -0.39 is 0 Å². The number of rotatable bonds is 4. The molecule has 1 unspecified atom stereocenters. The lowest BCUT2D eigenvalue weighted by atomic mass is 9.91. The van der Waals surface area contributed by atoms with Gasteiger partial charge in [0, 0.05) is 17.9 Å². The summed E-state index contributed by atoms with van der Waals surface area (Å²) in [5.74, 6) is 1.66. The van der Waals surface area contributed by atoms with Crippen LogP contribution in [-0.4, -0.2) is 17.8 Å². The van der Waals surface area contributed by atoms with Crippen molar-refractivity contribution in [2.45, 2.75) is 63.9 Å². The van der Waals surface area contributed by atoms with Crippen LogP contribution in [0.25, 0.3) is 0 Å². The lowest BCUT2D eigenvalue weighted by molar-refractivity contribution is 0.136. The summed E-state index contributed by atoms with van der Waals surface area (Å²) in [5, 5.41) is 11.2. The second kappa shape index (κ2) is 7.02. The first-order valence-electron chi connectivity index (χ1n) is 8.34. The minimum atomic E-state index is -0.278. The van der Waals surface area contributed by atoms with Gasteiger partial charge in [0.2, 0.25) is 0 Å².